The van der Waals surface area contributed by atoms with Crippen molar-refractivity contribution in [1.82, 2.24) is 9.55 Å². The highest BCUT2D eigenvalue weighted by molar-refractivity contribution is 7.71. The van der Waals surface area contributed by atoms with E-state index in [1.54, 1.807) is 0 Å². The van der Waals surface area contributed by atoms with E-state index in [9.17, 15) is 0 Å². The number of aromatic nitrogens is 2. The molecule has 0 aliphatic carbocycles. The monoisotopic (exact) mass is 310 g/mol. The largest absolute Gasteiger partial charge is 0.330 e. The van der Waals surface area contributed by atoms with Crippen LogP contribution in [-0.2, 0) is 0 Å². The van der Waals surface area contributed by atoms with Crippen molar-refractivity contribution in [1.29, 1.82) is 0 Å². The first-order valence-corrected chi connectivity index (χ1v) is 7.40. The summed E-state index contributed by atoms with van der Waals surface area (Å²) >= 11 is 11.6. The summed E-state index contributed by atoms with van der Waals surface area (Å²) in [6.45, 7) is 0. The zero-order valence-corrected chi connectivity index (χ0v) is 12.6. The molecule has 1 aromatic heterocycles. The molecule has 21 heavy (non-hydrogen) atoms. The predicted octanol–water partition coefficient (Wildman–Crippen LogP) is 5.49. The van der Waals surface area contributed by atoms with Gasteiger partial charge in [-0.15, -0.1) is 0 Å². The van der Waals surface area contributed by atoms with E-state index in [0.717, 1.165) is 16.7 Å². The maximum atomic E-state index is 6.12. The number of hydrogen-bond acceptors (Lipinski definition) is 1. The Labute approximate surface area is 131 Å². The van der Waals surface area contributed by atoms with Crippen LogP contribution in [0.2, 0.25) is 5.02 Å². The fourth-order valence-corrected chi connectivity index (χ4v) is 3.13. The lowest BCUT2D eigenvalue weighted by Crippen LogP contribution is -1.93. The van der Waals surface area contributed by atoms with Crippen LogP contribution >= 0.6 is 23.8 Å². The smallest absolute Gasteiger partial charge is 0.182 e. The molecule has 0 spiro atoms. The second kappa shape index (κ2) is 4.72. The van der Waals surface area contributed by atoms with Gasteiger partial charge in [-0.1, -0.05) is 41.9 Å². The second-order valence-corrected chi connectivity index (χ2v) is 5.78. The Morgan fingerprint density at radius 3 is 2.57 bits per heavy atom. The molecule has 102 valence electrons. The van der Waals surface area contributed by atoms with E-state index in [2.05, 4.69) is 35.3 Å². The predicted molar refractivity (Wildman–Crippen MR) is 91.0 cm³/mol. The third-order valence-electron chi connectivity index (χ3n) is 3.64. The van der Waals surface area contributed by atoms with Crippen LogP contribution in [0.4, 0.5) is 0 Å². The minimum atomic E-state index is 0.669. The lowest BCUT2D eigenvalue weighted by Gasteiger charge is -2.06. The minimum Gasteiger partial charge on any atom is -0.330 e. The van der Waals surface area contributed by atoms with E-state index < -0.39 is 0 Å². The summed E-state index contributed by atoms with van der Waals surface area (Å²) < 4.78 is 2.69. The highest BCUT2D eigenvalue weighted by Crippen LogP contribution is 2.25. The average molecular weight is 311 g/mol. The van der Waals surface area contributed by atoms with Crippen LogP contribution in [0.5, 0.6) is 0 Å². The van der Waals surface area contributed by atoms with E-state index in [1.165, 1.54) is 10.8 Å². The first-order chi connectivity index (χ1) is 10.2. The fraction of sp³-hybridized carbons (Fsp3) is 0. The lowest BCUT2D eigenvalue weighted by atomic mass is 10.1. The van der Waals surface area contributed by atoms with Gasteiger partial charge in [0.1, 0.15) is 0 Å². The number of aromatic amines is 1. The van der Waals surface area contributed by atoms with Crippen molar-refractivity contribution in [2.45, 2.75) is 0 Å². The molecular weight excluding hydrogens is 300 g/mol. The van der Waals surface area contributed by atoms with Gasteiger partial charge < -0.3 is 4.98 Å². The number of hydrogen-bond donors (Lipinski definition) is 1. The molecule has 0 aliphatic heterocycles. The van der Waals surface area contributed by atoms with Crippen molar-refractivity contribution in [3.63, 3.8) is 0 Å². The molecule has 0 atom stereocenters. The number of imidazole rings is 1. The van der Waals surface area contributed by atoms with E-state index in [0.29, 0.717) is 9.79 Å². The van der Waals surface area contributed by atoms with E-state index in [1.807, 2.05) is 34.9 Å². The molecule has 0 saturated carbocycles. The first-order valence-electron chi connectivity index (χ1n) is 6.62. The van der Waals surface area contributed by atoms with E-state index >= 15 is 0 Å². The second-order valence-electron chi connectivity index (χ2n) is 4.96. The Morgan fingerprint density at radius 2 is 1.71 bits per heavy atom. The number of fused-ring (bicyclic) bond motifs is 2. The molecule has 3 aromatic carbocycles. The summed E-state index contributed by atoms with van der Waals surface area (Å²) in [5.41, 5.74) is 3.01. The number of H-pyrrole nitrogens is 1. The summed E-state index contributed by atoms with van der Waals surface area (Å²) in [6.07, 6.45) is 0. The molecule has 0 saturated heterocycles. The van der Waals surface area contributed by atoms with Crippen LogP contribution in [0.25, 0.3) is 27.5 Å². The quantitative estimate of drug-likeness (QED) is 0.461. The first kappa shape index (κ1) is 12.6. The van der Waals surface area contributed by atoms with E-state index in [4.69, 9.17) is 23.8 Å². The van der Waals surface area contributed by atoms with Gasteiger partial charge in [-0.2, -0.15) is 0 Å². The summed E-state index contributed by atoms with van der Waals surface area (Å²) in [6, 6.07) is 20.3. The van der Waals surface area contributed by atoms with Crippen LogP contribution in [0.3, 0.4) is 0 Å². The number of nitrogens with zero attached hydrogens (tertiary/aromatic N) is 1. The van der Waals surface area contributed by atoms with Gasteiger partial charge >= 0.3 is 0 Å². The van der Waals surface area contributed by atoms with Gasteiger partial charge in [-0.05, 0) is 53.3 Å². The fourth-order valence-electron chi connectivity index (χ4n) is 2.65. The van der Waals surface area contributed by atoms with Gasteiger partial charge in [-0.25, -0.2) is 0 Å². The zero-order valence-electron chi connectivity index (χ0n) is 11.0. The Morgan fingerprint density at radius 1 is 0.905 bits per heavy atom. The molecule has 1 heterocycles. The summed E-state index contributed by atoms with van der Waals surface area (Å²) in [5.74, 6) is 0. The Bertz CT molecular complexity index is 1030. The summed E-state index contributed by atoms with van der Waals surface area (Å²) in [7, 11) is 0. The summed E-state index contributed by atoms with van der Waals surface area (Å²) in [5, 5.41) is 3.10. The van der Waals surface area contributed by atoms with Crippen LogP contribution in [0.15, 0.2) is 60.7 Å². The van der Waals surface area contributed by atoms with Gasteiger partial charge in [-0.3, -0.25) is 4.57 Å². The molecule has 0 unspecified atom stereocenters. The molecule has 1 N–H and O–H groups in total. The van der Waals surface area contributed by atoms with Crippen molar-refractivity contribution in [2.75, 3.05) is 0 Å². The maximum Gasteiger partial charge on any atom is 0.182 e. The van der Waals surface area contributed by atoms with Crippen molar-refractivity contribution < 1.29 is 0 Å². The highest BCUT2D eigenvalue weighted by Gasteiger charge is 2.07. The van der Waals surface area contributed by atoms with Gasteiger partial charge in [0.25, 0.3) is 0 Å². The lowest BCUT2D eigenvalue weighted by molar-refractivity contribution is 1.07. The molecular formula is C17H11ClN2S. The molecule has 4 aromatic rings. The molecule has 0 bridgehead atoms. The average Bonchev–Trinajstić information content (AvgIpc) is 2.82. The SMILES string of the molecule is S=c1[nH]c2ccc(Cl)cc2n1-c1ccc2ccccc2c1. The van der Waals surface area contributed by atoms with Crippen LogP contribution in [-0.4, -0.2) is 9.55 Å². The van der Waals surface area contributed by atoms with Crippen LogP contribution in [0.1, 0.15) is 0 Å². The van der Waals surface area contributed by atoms with Crippen molar-refractivity contribution in [2.24, 2.45) is 0 Å². The van der Waals surface area contributed by atoms with Crippen LogP contribution < -0.4 is 0 Å². The van der Waals surface area contributed by atoms with Gasteiger partial charge in [0.2, 0.25) is 0 Å². The number of halogens is 1. The molecule has 0 aliphatic rings. The molecule has 2 nitrogen and oxygen atoms in total. The maximum absolute atomic E-state index is 6.12. The molecule has 0 radical (unpaired) electrons. The molecule has 4 heteroatoms. The van der Waals surface area contributed by atoms with Gasteiger partial charge in [0, 0.05) is 10.7 Å². The normalized spacial score (nSPS) is 11.3. The van der Waals surface area contributed by atoms with Crippen molar-refractivity contribution in [3.05, 3.63) is 70.5 Å². The molecule has 0 amide bonds. The Balaban J connectivity index is 2.05. The highest BCUT2D eigenvalue weighted by atomic mass is 35.5. The minimum absolute atomic E-state index is 0.669. The van der Waals surface area contributed by atoms with Gasteiger partial charge in [0.05, 0.1) is 11.0 Å². The third-order valence-corrected chi connectivity index (χ3v) is 4.16. The topological polar surface area (TPSA) is 20.7 Å². The van der Waals surface area contributed by atoms with Gasteiger partial charge in [0.15, 0.2) is 4.77 Å². The number of benzene rings is 3. The number of rotatable bonds is 1. The third kappa shape index (κ3) is 2.06. The standard InChI is InChI=1S/C17H11ClN2S/c18-13-6-8-15-16(10-13)20(17(21)19-15)14-7-5-11-3-1-2-4-12(11)9-14/h1-10H,(H,19,21). The molecule has 4 rings (SSSR count). The van der Waals surface area contributed by atoms with Crippen molar-refractivity contribution >= 4 is 45.6 Å². The molecule has 0 fully saturated rings. The number of nitrogens with one attached hydrogen (secondary N) is 1. The van der Waals surface area contributed by atoms with E-state index in [-0.39, 0.29) is 0 Å². The Kier molecular flexibility index (Phi) is 2.84. The summed E-state index contributed by atoms with van der Waals surface area (Å²) in [4.78, 5) is 3.22. The van der Waals surface area contributed by atoms with Crippen molar-refractivity contribution in [3.8, 4) is 5.69 Å². The Hall–Kier alpha value is -2.10. The van der Waals surface area contributed by atoms with Crippen LogP contribution in [0, 0.1) is 4.77 Å². The zero-order chi connectivity index (χ0) is 14.4.